The Hall–Kier alpha value is -3.96. The van der Waals surface area contributed by atoms with Crippen LogP contribution >= 0.6 is 0 Å². The Morgan fingerprint density at radius 3 is 2.49 bits per heavy atom. The lowest BCUT2D eigenvalue weighted by Gasteiger charge is -2.38. The van der Waals surface area contributed by atoms with Crippen molar-refractivity contribution in [2.24, 2.45) is 7.05 Å². The van der Waals surface area contributed by atoms with E-state index in [0.717, 1.165) is 48.5 Å². The smallest absolute Gasteiger partial charge is 0.267 e. The minimum atomic E-state index is -3.93. The number of methoxy groups -OCH3 is 1. The highest BCUT2D eigenvalue weighted by Crippen LogP contribution is 2.30. The summed E-state index contributed by atoms with van der Waals surface area (Å²) >= 11 is 0. The molecule has 1 saturated heterocycles. The first-order valence-corrected chi connectivity index (χ1v) is 14.2. The SMILES string of the molecule is COc1ccccc1CCN1CC(Oc2cc(-c3c(C)cccc3C)nc(NS(=O)(=O)c3cnn(C)c3)n2)C1. The van der Waals surface area contributed by atoms with Crippen LogP contribution in [0.2, 0.25) is 0 Å². The highest BCUT2D eigenvalue weighted by molar-refractivity contribution is 7.92. The van der Waals surface area contributed by atoms with Gasteiger partial charge in [-0.2, -0.15) is 10.1 Å². The molecule has 1 N–H and O–H groups in total. The maximum absolute atomic E-state index is 13.0. The molecule has 0 spiro atoms. The van der Waals surface area contributed by atoms with Gasteiger partial charge in [-0.05, 0) is 43.0 Å². The predicted octanol–water partition coefficient (Wildman–Crippen LogP) is 3.61. The van der Waals surface area contributed by atoms with Crippen molar-refractivity contribution in [2.45, 2.75) is 31.3 Å². The topological polar surface area (TPSA) is 111 Å². The zero-order chi connectivity index (χ0) is 27.6. The zero-order valence-electron chi connectivity index (χ0n) is 22.5. The Morgan fingerprint density at radius 1 is 1.05 bits per heavy atom. The van der Waals surface area contributed by atoms with E-state index in [4.69, 9.17) is 9.47 Å². The van der Waals surface area contributed by atoms with Crippen LogP contribution in [0.15, 0.2) is 65.8 Å². The number of ether oxygens (including phenoxy) is 2. The summed E-state index contributed by atoms with van der Waals surface area (Å²) < 4.78 is 41.5. The lowest BCUT2D eigenvalue weighted by Crippen LogP contribution is -2.54. The van der Waals surface area contributed by atoms with Gasteiger partial charge in [-0.25, -0.2) is 18.1 Å². The molecule has 11 heteroatoms. The summed E-state index contributed by atoms with van der Waals surface area (Å²) in [6, 6.07) is 15.8. The third kappa shape index (κ3) is 6.04. The second-order valence-electron chi connectivity index (χ2n) is 9.70. The van der Waals surface area contributed by atoms with Crippen molar-refractivity contribution in [3.8, 4) is 22.9 Å². The fourth-order valence-corrected chi connectivity index (χ4v) is 5.66. The normalized spacial score (nSPS) is 14.2. The molecular formula is C28H32N6O4S. The molecule has 2 aromatic heterocycles. The lowest BCUT2D eigenvalue weighted by molar-refractivity contribution is 0.0180. The minimum absolute atomic E-state index is 0.0261. The van der Waals surface area contributed by atoms with Gasteiger partial charge in [0.25, 0.3) is 10.0 Å². The van der Waals surface area contributed by atoms with Crippen LogP contribution in [0.25, 0.3) is 11.3 Å². The average Bonchev–Trinajstić information content (AvgIpc) is 3.32. The number of para-hydroxylation sites is 1. The van der Waals surface area contributed by atoms with Gasteiger partial charge in [0.15, 0.2) is 0 Å². The van der Waals surface area contributed by atoms with Crippen molar-refractivity contribution < 1.29 is 17.9 Å². The van der Waals surface area contributed by atoms with Crippen LogP contribution in [0.5, 0.6) is 11.6 Å². The lowest BCUT2D eigenvalue weighted by atomic mass is 10.00. The standard InChI is InChI=1S/C28H32N6O4S/c1-19-8-7-9-20(2)27(19)24-14-26(31-28(30-24)32-39(35,36)23-15-29-33(3)18-23)38-22-16-34(17-22)13-12-21-10-5-6-11-25(21)37-4/h5-11,14-15,18,22H,12-13,16-17H2,1-4H3,(H,30,31,32). The highest BCUT2D eigenvalue weighted by atomic mass is 32.2. The van der Waals surface area contributed by atoms with Crippen molar-refractivity contribution in [1.29, 1.82) is 0 Å². The summed E-state index contributed by atoms with van der Waals surface area (Å²) in [5.41, 5.74) is 4.72. The van der Waals surface area contributed by atoms with Gasteiger partial charge in [0.1, 0.15) is 16.7 Å². The third-order valence-corrected chi connectivity index (χ3v) is 8.04. The van der Waals surface area contributed by atoms with E-state index in [1.54, 1.807) is 20.2 Å². The number of benzene rings is 2. The summed E-state index contributed by atoms with van der Waals surface area (Å²) in [5, 5.41) is 3.96. The molecule has 0 amide bonds. The number of nitrogens with one attached hydrogen (secondary N) is 1. The molecule has 0 saturated carbocycles. The van der Waals surface area contributed by atoms with E-state index in [2.05, 4.69) is 30.8 Å². The van der Waals surface area contributed by atoms with Crippen LogP contribution in [-0.2, 0) is 23.5 Å². The Balaban J connectivity index is 1.33. The van der Waals surface area contributed by atoms with Gasteiger partial charge in [0, 0.05) is 44.5 Å². The summed E-state index contributed by atoms with van der Waals surface area (Å²) in [5.74, 6) is 1.16. The average molecular weight is 549 g/mol. The van der Waals surface area contributed by atoms with E-state index in [1.165, 1.54) is 22.6 Å². The molecule has 1 aliphatic rings. The van der Waals surface area contributed by atoms with Crippen molar-refractivity contribution in [3.05, 3.63) is 77.6 Å². The van der Waals surface area contributed by atoms with Crippen molar-refractivity contribution in [2.75, 3.05) is 31.5 Å². The van der Waals surface area contributed by atoms with Crippen molar-refractivity contribution >= 4 is 16.0 Å². The largest absolute Gasteiger partial charge is 0.496 e. The molecular weight excluding hydrogens is 516 g/mol. The fraction of sp³-hybridized carbons (Fsp3) is 0.321. The Kier molecular flexibility index (Phi) is 7.53. The van der Waals surface area contributed by atoms with Crippen LogP contribution in [-0.4, -0.2) is 65.9 Å². The molecule has 0 bridgehead atoms. The Bertz CT molecular complexity index is 1560. The molecule has 1 fully saturated rings. The van der Waals surface area contributed by atoms with Crippen LogP contribution in [0, 0.1) is 13.8 Å². The summed E-state index contributed by atoms with van der Waals surface area (Å²) in [6.45, 7) is 6.36. The second kappa shape index (κ2) is 11.0. The molecule has 5 rings (SSSR count). The number of nitrogens with zero attached hydrogens (tertiary/aromatic N) is 5. The molecule has 10 nitrogen and oxygen atoms in total. The van der Waals surface area contributed by atoms with E-state index >= 15 is 0 Å². The van der Waals surface area contributed by atoms with E-state index in [-0.39, 0.29) is 16.9 Å². The number of hydrogen-bond acceptors (Lipinski definition) is 8. The number of hydrogen-bond donors (Lipinski definition) is 1. The van der Waals surface area contributed by atoms with Crippen LogP contribution in [0.3, 0.4) is 0 Å². The fourth-order valence-electron chi connectivity index (χ4n) is 4.73. The molecule has 39 heavy (non-hydrogen) atoms. The number of likely N-dealkylation sites (tertiary alicyclic amines) is 1. The first-order valence-electron chi connectivity index (χ1n) is 12.7. The minimum Gasteiger partial charge on any atom is -0.496 e. The van der Waals surface area contributed by atoms with Gasteiger partial charge in [0.05, 0.1) is 19.0 Å². The zero-order valence-corrected chi connectivity index (χ0v) is 23.3. The third-order valence-electron chi connectivity index (χ3n) is 6.76. The highest BCUT2D eigenvalue weighted by Gasteiger charge is 2.29. The summed E-state index contributed by atoms with van der Waals surface area (Å²) in [7, 11) is -0.589. The second-order valence-corrected chi connectivity index (χ2v) is 11.4. The molecule has 2 aromatic carbocycles. The Labute approximate surface area is 228 Å². The molecule has 3 heterocycles. The molecule has 1 aliphatic heterocycles. The molecule has 204 valence electrons. The first kappa shape index (κ1) is 26.6. The van der Waals surface area contributed by atoms with Gasteiger partial charge in [-0.1, -0.05) is 36.4 Å². The quantitative estimate of drug-likeness (QED) is 0.320. The van der Waals surface area contributed by atoms with Crippen LogP contribution < -0.4 is 14.2 Å². The number of sulfonamides is 1. The van der Waals surface area contributed by atoms with Crippen molar-refractivity contribution in [3.63, 3.8) is 0 Å². The van der Waals surface area contributed by atoms with E-state index in [9.17, 15) is 8.42 Å². The summed E-state index contributed by atoms with van der Waals surface area (Å²) in [6.07, 6.45) is 3.51. The maximum atomic E-state index is 13.0. The molecule has 0 aliphatic carbocycles. The molecule has 0 unspecified atom stereocenters. The summed E-state index contributed by atoms with van der Waals surface area (Å²) in [4.78, 5) is 11.3. The molecule has 0 radical (unpaired) electrons. The van der Waals surface area contributed by atoms with E-state index < -0.39 is 10.0 Å². The van der Waals surface area contributed by atoms with Gasteiger partial charge in [-0.15, -0.1) is 0 Å². The number of aromatic nitrogens is 4. The monoisotopic (exact) mass is 548 g/mol. The van der Waals surface area contributed by atoms with Gasteiger partial charge >= 0.3 is 0 Å². The number of rotatable bonds is 10. The van der Waals surface area contributed by atoms with Gasteiger partial charge in [0.2, 0.25) is 11.8 Å². The van der Waals surface area contributed by atoms with Crippen LogP contribution in [0.4, 0.5) is 5.95 Å². The first-order chi connectivity index (χ1) is 18.7. The van der Waals surface area contributed by atoms with E-state index in [1.807, 2.05) is 50.2 Å². The van der Waals surface area contributed by atoms with E-state index in [0.29, 0.717) is 11.6 Å². The van der Waals surface area contributed by atoms with Crippen molar-refractivity contribution in [1.82, 2.24) is 24.6 Å². The van der Waals surface area contributed by atoms with Gasteiger partial charge < -0.3 is 9.47 Å². The van der Waals surface area contributed by atoms with Crippen LogP contribution in [0.1, 0.15) is 16.7 Å². The number of anilines is 1. The maximum Gasteiger partial charge on any atom is 0.267 e. The molecule has 0 atom stereocenters. The Morgan fingerprint density at radius 2 is 1.79 bits per heavy atom. The molecule has 4 aromatic rings. The number of aryl methyl sites for hydroxylation is 3. The van der Waals surface area contributed by atoms with Gasteiger partial charge in [-0.3, -0.25) is 9.58 Å². The predicted molar refractivity (Wildman–Crippen MR) is 149 cm³/mol.